The first-order valence-electron chi connectivity index (χ1n) is 6.76. The van der Waals surface area contributed by atoms with Gasteiger partial charge in [-0.05, 0) is 44.9 Å². The molecule has 0 aliphatic carbocycles. The van der Waals surface area contributed by atoms with Crippen molar-refractivity contribution in [1.29, 1.82) is 0 Å². The zero-order valence-corrected chi connectivity index (χ0v) is 13.0. The Balaban J connectivity index is 2.10. The minimum Gasteiger partial charge on any atom is -0.491 e. The zero-order valence-electron chi connectivity index (χ0n) is 11.4. The number of piperidine rings is 1. The van der Waals surface area contributed by atoms with Crippen LogP contribution < -0.4 is 4.74 Å². The van der Waals surface area contributed by atoms with Crippen LogP contribution in [0.3, 0.4) is 0 Å². The number of rotatable bonds is 3. The third-order valence-corrected chi connectivity index (χ3v) is 3.85. The molecular formula is C15H20BrNO2. The number of halogens is 1. The van der Waals surface area contributed by atoms with E-state index in [1.165, 1.54) is 0 Å². The predicted octanol–water partition coefficient (Wildman–Crippen LogP) is 3.47. The lowest BCUT2D eigenvalue weighted by Crippen LogP contribution is -2.40. The molecule has 0 saturated carbocycles. The maximum absolute atomic E-state index is 12.4. The van der Waals surface area contributed by atoms with Crippen LogP contribution in [0.5, 0.6) is 5.75 Å². The number of hydrogen-bond acceptors (Lipinski definition) is 2. The second kappa shape index (κ2) is 6.42. The van der Waals surface area contributed by atoms with Gasteiger partial charge in [-0.25, -0.2) is 0 Å². The van der Waals surface area contributed by atoms with Gasteiger partial charge in [0, 0.05) is 23.5 Å². The molecule has 0 N–H and O–H groups in total. The summed E-state index contributed by atoms with van der Waals surface area (Å²) < 4.78 is 5.63. The second-order valence-electron chi connectivity index (χ2n) is 5.19. The number of alkyl halides is 1. The number of likely N-dealkylation sites (tertiary alicyclic amines) is 1. The van der Waals surface area contributed by atoms with Crippen molar-refractivity contribution in [2.75, 3.05) is 13.1 Å². The summed E-state index contributed by atoms with van der Waals surface area (Å²) in [4.78, 5) is 14.8. The van der Waals surface area contributed by atoms with E-state index in [4.69, 9.17) is 4.74 Å². The third kappa shape index (κ3) is 3.96. The molecule has 1 aromatic rings. The number of hydrogen-bond donors (Lipinski definition) is 0. The smallest absolute Gasteiger partial charge is 0.254 e. The van der Waals surface area contributed by atoms with Crippen LogP contribution in [0.1, 0.15) is 37.0 Å². The van der Waals surface area contributed by atoms with Crippen molar-refractivity contribution in [2.45, 2.75) is 37.6 Å². The van der Waals surface area contributed by atoms with Gasteiger partial charge < -0.3 is 9.64 Å². The fourth-order valence-electron chi connectivity index (χ4n) is 2.27. The summed E-state index contributed by atoms with van der Waals surface area (Å²) in [5, 5.41) is 0. The van der Waals surface area contributed by atoms with Crippen LogP contribution in [0, 0.1) is 0 Å². The fourth-order valence-corrected chi connectivity index (χ4v) is 2.94. The monoisotopic (exact) mass is 325 g/mol. The van der Waals surface area contributed by atoms with E-state index in [1.807, 2.05) is 43.0 Å². The van der Waals surface area contributed by atoms with E-state index in [1.54, 1.807) is 0 Å². The van der Waals surface area contributed by atoms with Gasteiger partial charge in [-0.15, -0.1) is 0 Å². The third-order valence-electron chi connectivity index (χ3n) is 3.10. The van der Waals surface area contributed by atoms with Crippen LogP contribution in [-0.4, -0.2) is 34.8 Å². The summed E-state index contributed by atoms with van der Waals surface area (Å²) in [6.07, 6.45) is 2.32. The van der Waals surface area contributed by atoms with Crippen LogP contribution in [0.25, 0.3) is 0 Å². The number of ether oxygens (including phenoxy) is 1. The molecule has 1 aliphatic rings. The van der Waals surface area contributed by atoms with Gasteiger partial charge in [0.2, 0.25) is 0 Å². The number of carbonyl (C=O) groups excluding carboxylic acids is 1. The minimum absolute atomic E-state index is 0.0957. The Kier molecular flexibility index (Phi) is 4.86. The molecule has 104 valence electrons. The lowest BCUT2D eigenvalue weighted by Gasteiger charge is -2.30. The van der Waals surface area contributed by atoms with Crippen molar-refractivity contribution in [1.82, 2.24) is 4.90 Å². The molecule has 1 heterocycles. The van der Waals surface area contributed by atoms with Crippen molar-refractivity contribution in [3.63, 3.8) is 0 Å². The van der Waals surface area contributed by atoms with Crippen LogP contribution in [-0.2, 0) is 0 Å². The average molecular weight is 326 g/mol. The largest absolute Gasteiger partial charge is 0.491 e. The van der Waals surface area contributed by atoms with Gasteiger partial charge in [-0.3, -0.25) is 4.79 Å². The van der Waals surface area contributed by atoms with Gasteiger partial charge in [-0.2, -0.15) is 0 Å². The normalized spacial score (nSPS) is 19.6. The molecule has 1 aromatic carbocycles. The molecule has 0 aromatic heterocycles. The lowest BCUT2D eigenvalue weighted by molar-refractivity contribution is 0.0729. The summed E-state index contributed by atoms with van der Waals surface area (Å²) >= 11 is 3.60. The Morgan fingerprint density at radius 2 is 2.26 bits per heavy atom. The van der Waals surface area contributed by atoms with E-state index >= 15 is 0 Å². The van der Waals surface area contributed by atoms with Crippen molar-refractivity contribution in [2.24, 2.45) is 0 Å². The van der Waals surface area contributed by atoms with Crippen molar-refractivity contribution in [3.05, 3.63) is 29.8 Å². The van der Waals surface area contributed by atoms with Crippen molar-refractivity contribution >= 4 is 21.8 Å². The van der Waals surface area contributed by atoms with E-state index in [0.29, 0.717) is 10.4 Å². The number of amides is 1. The molecule has 0 bridgehead atoms. The van der Waals surface area contributed by atoms with Gasteiger partial charge >= 0.3 is 0 Å². The van der Waals surface area contributed by atoms with E-state index < -0.39 is 0 Å². The highest BCUT2D eigenvalue weighted by Gasteiger charge is 2.23. The first-order valence-corrected chi connectivity index (χ1v) is 7.68. The molecule has 1 unspecified atom stereocenters. The Morgan fingerprint density at radius 1 is 1.47 bits per heavy atom. The Labute approximate surface area is 123 Å². The number of benzene rings is 1. The Morgan fingerprint density at radius 3 is 2.95 bits per heavy atom. The molecule has 0 radical (unpaired) electrons. The number of carbonyl (C=O) groups is 1. The Hall–Kier alpha value is -1.03. The standard InChI is InChI=1S/C15H20BrNO2/c1-11(2)19-14-7-3-5-12(9-14)15(18)17-8-4-6-13(16)10-17/h3,5,7,9,11,13H,4,6,8,10H2,1-2H3. The van der Waals surface area contributed by atoms with Crippen molar-refractivity contribution in [3.8, 4) is 5.75 Å². The minimum atomic E-state index is 0.0957. The molecule has 0 spiro atoms. The van der Waals surface area contributed by atoms with Crippen LogP contribution in [0.2, 0.25) is 0 Å². The maximum Gasteiger partial charge on any atom is 0.254 e. The molecule has 1 fully saturated rings. The molecule has 4 heteroatoms. The van der Waals surface area contributed by atoms with E-state index in [-0.39, 0.29) is 12.0 Å². The topological polar surface area (TPSA) is 29.5 Å². The first kappa shape index (κ1) is 14.4. The summed E-state index contributed by atoms with van der Waals surface area (Å²) in [6.45, 7) is 5.59. The molecular weight excluding hydrogens is 306 g/mol. The first-order chi connectivity index (χ1) is 9.06. The fraction of sp³-hybridized carbons (Fsp3) is 0.533. The van der Waals surface area contributed by atoms with E-state index in [0.717, 1.165) is 31.7 Å². The summed E-state index contributed by atoms with van der Waals surface area (Å²) in [7, 11) is 0. The second-order valence-corrected chi connectivity index (χ2v) is 6.48. The summed E-state index contributed by atoms with van der Waals surface area (Å²) in [5.74, 6) is 0.853. The maximum atomic E-state index is 12.4. The molecule has 1 amide bonds. The van der Waals surface area contributed by atoms with Gasteiger partial charge in [0.25, 0.3) is 5.91 Å². The van der Waals surface area contributed by atoms with Crippen LogP contribution in [0.15, 0.2) is 24.3 Å². The lowest BCUT2D eigenvalue weighted by atomic mass is 10.1. The Bertz CT molecular complexity index is 448. The quantitative estimate of drug-likeness (QED) is 0.796. The van der Waals surface area contributed by atoms with E-state index in [2.05, 4.69) is 15.9 Å². The van der Waals surface area contributed by atoms with Gasteiger partial charge in [-0.1, -0.05) is 22.0 Å². The molecule has 19 heavy (non-hydrogen) atoms. The van der Waals surface area contributed by atoms with Gasteiger partial charge in [0.05, 0.1) is 6.10 Å². The van der Waals surface area contributed by atoms with Crippen LogP contribution >= 0.6 is 15.9 Å². The summed E-state index contributed by atoms with van der Waals surface area (Å²) in [6, 6.07) is 7.45. The molecule has 1 atom stereocenters. The number of nitrogens with zero attached hydrogens (tertiary/aromatic N) is 1. The molecule has 2 rings (SSSR count). The molecule has 3 nitrogen and oxygen atoms in total. The highest BCUT2D eigenvalue weighted by atomic mass is 79.9. The summed E-state index contributed by atoms with van der Waals surface area (Å²) in [5.41, 5.74) is 0.708. The van der Waals surface area contributed by atoms with E-state index in [9.17, 15) is 4.79 Å². The molecule has 1 saturated heterocycles. The highest BCUT2D eigenvalue weighted by molar-refractivity contribution is 9.09. The van der Waals surface area contributed by atoms with Crippen molar-refractivity contribution < 1.29 is 9.53 Å². The average Bonchev–Trinajstić information content (AvgIpc) is 2.37. The van der Waals surface area contributed by atoms with Gasteiger partial charge in [0.1, 0.15) is 5.75 Å². The van der Waals surface area contributed by atoms with Gasteiger partial charge in [0.15, 0.2) is 0 Å². The van der Waals surface area contributed by atoms with Crippen LogP contribution in [0.4, 0.5) is 0 Å². The molecule has 1 aliphatic heterocycles. The predicted molar refractivity (Wildman–Crippen MR) is 80.1 cm³/mol. The highest BCUT2D eigenvalue weighted by Crippen LogP contribution is 2.21. The zero-order chi connectivity index (χ0) is 13.8. The SMILES string of the molecule is CC(C)Oc1cccc(C(=O)N2CCCC(Br)C2)c1.